The molecule has 1 atom stereocenters. The van der Waals surface area contributed by atoms with Gasteiger partial charge in [0.25, 0.3) is 5.91 Å². The number of nitrogens with zero attached hydrogens (tertiary/aromatic N) is 4. The number of carbonyl (C=O) groups is 1. The summed E-state index contributed by atoms with van der Waals surface area (Å²) in [7, 11) is 0. The molecule has 2 aliphatic rings. The summed E-state index contributed by atoms with van der Waals surface area (Å²) in [6.45, 7) is 6.73. The summed E-state index contributed by atoms with van der Waals surface area (Å²) in [6.07, 6.45) is 5.31. The Morgan fingerprint density at radius 2 is 2.19 bits per heavy atom. The van der Waals surface area contributed by atoms with Gasteiger partial charge in [0.15, 0.2) is 0 Å². The van der Waals surface area contributed by atoms with Crippen LogP contribution in [0, 0.1) is 5.92 Å². The third kappa shape index (κ3) is 3.81. The second-order valence-electron chi connectivity index (χ2n) is 6.91. The number of aromatic nitrogens is 3. The van der Waals surface area contributed by atoms with E-state index in [4.69, 9.17) is 9.15 Å². The average molecular weight is 359 g/mol. The maximum absolute atomic E-state index is 12.7. The van der Waals surface area contributed by atoms with Crippen molar-refractivity contribution in [2.24, 2.45) is 5.92 Å². The van der Waals surface area contributed by atoms with Crippen molar-refractivity contribution in [3.63, 3.8) is 0 Å². The summed E-state index contributed by atoms with van der Waals surface area (Å²) < 4.78 is 12.8. The molecule has 1 aliphatic heterocycles. The molecule has 2 aromatic rings. The fraction of sp³-hybridized carbons (Fsp3) is 0.611. The Balaban J connectivity index is 1.42. The molecule has 140 valence electrons. The Bertz CT molecular complexity index is 746. The molecular weight excluding hydrogens is 334 g/mol. The van der Waals surface area contributed by atoms with Crippen LogP contribution in [0.15, 0.2) is 23.1 Å². The number of ether oxygens (including phenoxy) is 1. The molecule has 3 heterocycles. The molecule has 1 aliphatic carbocycles. The fourth-order valence-corrected chi connectivity index (χ4v) is 3.37. The van der Waals surface area contributed by atoms with Gasteiger partial charge in [0.05, 0.1) is 31.4 Å². The number of carbonyl (C=O) groups excluding carboxylic acids is 1. The topological polar surface area (TPSA) is 85.4 Å². The Morgan fingerprint density at radius 3 is 2.92 bits per heavy atom. The summed E-state index contributed by atoms with van der Waals surface area (Å²) in [6, 6.07) is 1.74. The van der Waals surface area contributed by atoms with E-state index in [2.05, 4.69) is 20.3 Å². The second-order valence-corrected chi connectivity index (χ2v) is 6.91. The molecule has 1 unspecified atom stereocenters. The maximum atomic E-state index is 12.7. The molecule has 1 saturated carbocycles. The zero-order valence-corrected chi connectivity index (χ0v) is 15.1. The number of amides is 1. The lowest BCUT2D eigenvalue weighted by Crippen LogP contribution is -2.35. The lowest BCUT2D eigenvalue weighted by molar-refractivity contribution is 0.0313. The molecule has 1 N–H and O–H groups in total. The second kappa shape index (κ2) is 7.59. The van der Waals surface area contributed by atoms with E-state index in [-0.39, 0.29) is 11.9 Å². The number of morpholine rings is 1. The van der Waals surface area contributed by atoms with E-state index in [9.17, 15) is 4.79 Å². The predicted octanol–water partition coefficient (Wildman–Crippen LogP) is 1.60. The molecule has 4 rings (SSSR count). The van der Waals surface area contributed by atoms with Crippen LogP contribution in [-0.4, -0.2) is 51.9 Å². The Morgan fingerprint density at radius 1 is 1.38 bits per heavy atom. The summed E-state index contributed by atoms with van der Waals surface area (Å²) in [4.78, 5) is 19.4. The van der Waals surface area contributed by atoms with E-state index in [0.717, 1.165) is 57.3 Å². The molecule has 2 fully saturated rings. The van der Waals surface area contributed by atoms with Crippen molar-refractivity contribution < 1.29 is 13.9 Å². The van der Waals surface area contributed by atoms with Crippen LogP contribution in [0.5, 0.6) is 0 Å². The van der Waals surface area contributed by atoms with Gasteiger partial charge in [-0.15, -0.1) is 0 Å². The smallest absolute Gasteiger partial charge is 0.255 e. The monoisotopic (exact) mass is 359 g/mol. The van der Waals surface area contributed by atoms with Crippen molar-refractivity contribution in [3.8, 4) is 0 Å². The van der Waals surface area contributed by atoms with E-state index >= 15 is 0 Å². The van der Waals surface area contributed by atoms with Crippen molar-refractivity contribution in [3.05, 3.63) is 35.8 Å². The number of rotatable bonds is 7. The highest BCUT2D eigenvalue weighted by atomic mass is 16.5. The van der Waals surface area contributed by atoms with E-state index in [0.29, 0.717) is 18.0 Å². The van der Waals surface area contributed by atoms with Gasteiger partial charge in [0, 0.05) is 19.6 Å². The number of hydrogen-bond donors (Lipinski definition) is 1. The van der Waals surface area contributed by atoms with Crippen LogP contribution in [0.25, 0.3) is 0 Å². The molecule has 2 aromatic heterocycles. The summed E-state index contributed by atoms with van der Waals surface area (Å²) in [5, 5.41) is 7.37. The van der Waals surface area contributed by atoms with Crippen LogP contribution in [0.4, 0.5) is 0 Å². The molecule has 1 amide bonds. The molecular formula is C18H25N5O3. The first-order valence-electron chi connectivity index (χ1n) is 9.30. The number of aryl methyl sites for hydroxylation is 1. The van der Waals surface area contributed by atoms with E-state index < -0.39 is 0 Å². The standard InChI is InChI=1S/C18H25N5O3/c1-2-23-17(19-12-20-23)16(13-3-4-13)21-18(24)14-9-15(26-11-14)10-22-5-7-25-8-6-22/h9,11-13,16H,2-8,10H2,1H3,(H,21,24). The van der Waals surface area contributed by atoms with Gasteiger partial charge in [-0.1, -0.05) is 0 Å². The maximum Gasteiger partial charge on any atom is 0.255 e. The third-order valence-corrected chi connectivity index (χ3v) is 5.00. The first-order valence-corrected chi connectivity index (χ1v) is 9.30. The zero-order valence-electron chi connectivity index (χ0n) is 15.1. The van der Waals surface area contributed by atoms with Gasteiger partial charge in [0.1, 0.15) is 24.2 Å². The lowest BCUT2D eigenvalue weighted by atomic mass is 10.1. The molecule has 0 aromatic carbocycles. The minimum absolute atomic E-state index is 0.0949. The van der Waals surface area contributed by atoms with Gasteiger partial charge in [0.2, 0.25) is 0 Å². The predicted molar refractivity (Wildman–Crippen MR) is 93.4 cm³/mol. The molecule has 8 heteroatoms. The minimum atomic E-state index is -0.121. The van der Waals surface area contributed by atoms with Gasteiger partial charge < -0.3 is 14.5 Å². The molecule has 0 bridgehead atoms. The van der Waals surface area contributed by atoms with Gasteiger partial charge in [-0.2, -0.15) is 5.10 Å². The Kier molecular flexibility index (Phi) is 5.03. The van der Waals surface area contributed by atoms with E-state index in [1.54, 1.807) is 12.6 Å². The van der Waals surface area contributed by atoms with Gasteiger partial charge >= 0.3 is 0 Å². The van der Waals surface area contributed by atoms with Crippen LogP contribution >= 0.6 is 0 Å². The Hall–Kier alpha value is -2.19. The third-order valence-electron chi connectivity index (χ3n) is 5.00. The molecule has 0 spiro atoms. The summed E-state index contributed by atoms with van der Waals surface area (Å²) in [5.41, 5.74) is 0.557. The molecule has 8 nitrogen and oxygen atoms in total. The van der Waals surface area contributed by atoms with Crippen molar-refractivity contribution in [2.75, 3.05) is 26.3 Å². The van der Waals surface area contributed by atoms with E-state index in [1.807, 2.05) is 17.7 Å². The summed E-state index contributed by atoms with van der Waals surface area (Å²) in [5.74, 6) is 1.95. The van der Waals surface area contributed by atoms with Crippen molar-refractivity contribution in [2.45, 2.75) is 38.9 Å². The van der Waals surface area contributed by atoms with Gasteiger partial charge in [-0.05, 0) is 31.7 Å². The van der Waals surface area contributed by atoms with E-state index in [1.165, 1.54) is 0 Å². The van der Waals surface area contributed by atoms with Crippen molar-refractivity contribution >= 4 is 5.91 Å². The highest BCUT2D eigenvalue weighted by molar-refractivity contribution is 5.94. The first-order chi connectivity index (χ1) is 12.7. The molecule has 26 heavy (non-hydrogen) atoms. The van der Waals surface area contributed by atoms with Crippen LogP contribution in [-0.2, 0) is 17.8 Å². The SMILES string of the molecule is CCn1ncnc1C(NC(=O)c1coc(CN2CCOCC2)c1)C1CC1. The van der Waals surface area contributed by atoms with Crippen LogP contribution < -0.4 is 5.32 Å². The number of furan rings is 1. The minimum Gasteiger partial charge on any atom is -0.467 e. The number of hydrogen-bond acceptors (Lipinski definition) is 6. The van der Waals surface area contributed by atoms with Crippen molar-refractivity contribution in [1.29, 1.82) is 0 Å². The zero-order chi connectivity index (χ0) is 17.9. The van der Waals surface area contributed by atoms with Gasteiger partial charge in [-0.3, -0.25) is 9.69 Å². The van der Waals surface area contributed by atoms with Crippen LogP contribution in [0.2, 0.25) is 0 Å². The largest absolute Gasteiger partial charge is 0.467 e. The summed E-state index contributed by atoms with van der Waals surface area (Å²) >= 11 is 0. The first kappa shape index (κ1) is 17.2. The number of nitrogens with one attached hydrogen (secondary N) is 1. The molecule has 1 saturated heterocycles. The van der Waals surface area contributed by atoms with Crippen LogP contribution in [0.1, 0.15) is 47.7 Å². The normalized spacial score (nSPS) is 19.4. The quantitative estimate of drug-likeness (QED) is 0.808. The highest BCUT2D eigenvalue weighted by Gasteiger charge is 2.36. The Labute approximate surface area is 152 Å². The van der Waals surface area contributed by atoms with Crippen molar-refractivity contribution in [1.82, 2.24) is 25.0 Å². The lowest BCUT2D eigenvalue weighted by Gasteiger charge is -2.25. The highest BCUT2D eigenvalue weighted by Crippen LogP contribution is 2.40. The van der Waals surface area contributed by atoms with Crippen LogP contribution in [0.3, 0.4) is 0 Å². The van der Waals surface area contributed by atoms with Gasteiger partial charge in [-0.25, -0.2) is 9.67 Å². The fourth-order valence-electron chi connectivity index (χ4n) is 3.37. The average Bonchev–Trinajstić information content (AvgIpc) is 3.21. The molecule has 0 radical (unpaired) electrons.